The van der Waals surface area contributed by atoms with Crippen LogP contribution in [0, 0.1) is 0 Å². The van der Waals surface area contributed by atoms with Crippen LogP contribution in [0.3, 0.4) is 0 Å². The molecule has 0 radical (unpaired) electrons. The normalized spacial score (nSPS) is 12.1. The first-order chi connectivity index (χ1) is 18.8. The monoisotopic (exact) mass is 603 g/mol. The molecule has 0 aromatic heterocycles. The molecule has 208 valence electrons. The standard InChI is InChI=1S/C25H22ClN5O7S2/c1-31(17-5-3-2-4-6-17)39(34,35)18-11-15-7-9-19(27)25(24(15)21(32)13-18)30-29-20-10-8-16(28-23(33)14-26)12-22(20)40(36,37)38/h2-13,32H,14,27H2,1H3,(H,28,33)(H,36,37,38). The van der Waals surface area contributed by atoms with Crippen LogP contribution in [0.1, 0.15) is 0 Å². The van der Waals surface area contributed by atoms with E-state index in [1.54, 1.807) is 30.3 Å². The van der Waals surface area contributed by atoms with E-state index in [1.165, 1.54) is 37.4 Å². The highest BCUT2D eigenvalue weighted by molar-refractivity contribution is 7.92. The van der Waals surface area contributed by atoms with Gasteiger partial charge in [0.15, 0.2) is 0 Å². The summed E-state index contributed by atoms with van der Waals surface area (Å²) in [5.41, 5.74) is 6.19. The lowest BCUT2D eigenvalue weighted by atomic mass is 10.1. The van der Waals surface area contributed by atoms with Gasteiger partial charge in [-0.15, -0.1) is 21.8 Å². The van der Waals surface area contributed by atoms with Crippen molar-refractivity contribution in [3.8, 4) is 5.75 Å². The van der Waals surface area contributed by atoms with E-state index in [1.807, 2.05) is 0 Å². The van der Waals surface area contributed by atoms with Crippen molar-refractivity contribution in [2.24, 2.45) is 10.2 Å². The molecule has 0 unspecified atom stereocenters. The molecular formula is C25H22ClN5O7S2. The second-order valence-corrected chi connectivity index (χ2v) is 12.0. The Morgan fingerprint density at radius 3 is 2.35 bits per heavy atom. The van der Waals surface area contributed by atoms with Crippen molar-refractivity contribution in [2.75, 3.05) is 28.3 Å². The molecule has 0 aliphatic carbocycles. The van der Waals surface area contributed by atoms with Crippen LogP contribution >= 0.6 is 11.6 Å². The zero-order chi connectivity index (χ0) is 29.2. The predicted octanol–water partition coefficient (Wildman–Crippen LogP) is 4.79. The molecule has 4 rings (SSSR count). The molecular weight excluding hydrogens is 582 g/mol. The summed E-state index contributed by atoms with van der Waals surface area (Å²) in [5.74, 6) is -1.45. The minimum absolute atomic E-state index is 0.0359. The van der Waals surface area contributed by atoms with E-state index >= 15 is 0 Å². The first-order valence-corrected chi connectivity index (χ1v) is 14.7. The number of carbonyl (C=O) groups is 1. The van der Waals surface area contributed by atoms with Crippen molar-refractivity contribution in [2.45, 2.75) is 9.79 Å². The fraction of sp³-hybridized carbons (Fsp3) is 0.0800. The number of sulfonamides is 1. The van der Waals surface area contributed by atoms with Crippen LogP contribution in [0.4, 0.5) is 28.4 Å². The number of fused-ring (bicyclic) bond motifs is 1. The van der Waals surface area contributed by atoms with Crippen LogP contribution < -0.4 is 15.4 Å². The number of phenolic OH excluding ortho intramolecular Hbond substituents is 1. The maximum Gasteiger partial charge on any atom is 0.296 e. The summed E-state index contributed by atoms with van der Waals surface area (Å²) in [7, 11) is -7.49. The average molecular weight is 604 g/mol. The van der Waals surface area contributed by atoms with E-state index in [-0.39, 0.29) is 44.3 Å². The van der Waals surface area contributed by atoms with Gasteiger partial charge < -0.3 is 16.2 Å². The highest BCUT2D eigenvalue weighted by atomic mass is 35.5. The van der Waals surface area contributed by atoms with Gasteiger partial charge in [0.25, 0.3) is 20.1 Å². The second kappa shape index (κ2) is 11.1. The largest absolute Gasteiger partial charge is 0.507 e. The third-order valence-electron chi connectivity index (χ3n) is 5.75. The van der Waals surface area contributed by atoms with Crippen molar-refractivity contribution in [1.82, 2.24) is 0 Å². The Kier molecular flexibility index (Phi) is 7.98. The van der Waals surface area contributed by atoms with Gasteiger partial charge in [-0.25, -0.2) is 8.42 Å². The van der Waals surface area contributed by atoms with Gasteiger partial charge in [0.1, 0.15) is 27.9 Å². The Morgan fingerprint density at radius 1 is 1.00 bits per heavy atom. The Morgan fingerprint density at radius 2 is 1.70 bits per heavy atom. The number of rotatable bonds is 8. The number of anilines is 3. The number of phenols is 1. The molecule has 12 nitrogen and oxygen atoms in total. The Bertz CT molecular complexity index is 1870. The Labute approximate surface area is 234 Å². The fourth-order valence-electron chi connectivity index (χ4n) is 3.79. The van der Waals surface area contributed by atoms with Gasteiger partial charge in [-0.2, -0.15) is 8.42 Å². The van der Waals surface area contributed by atoms with E-state index in [4.69, 9.17) is 17.3 Å². The lowest BCUT2D eigenvalue weighted by Gasteiger charge is -2.20. The van der Waals surface area contributed by atoms with Gasteiger partial charge in [0.2, 0.25) is 5.91 Å². The fourth-order valence-corrected chi connectivity index (χ4v) is 5.75. The number of benzene rings is 4. The summed E-state index contributed by atoms with van der Waals surface area (Å²) in [4.78, 5) is 10.7. The maximum atomic E-state index is 13.3. The highest BCUT2D eigenvalue weighted by Crippen LogP contribution is 2.41. The van der Waals surface area contributed by atoms with Crippen LogP contribution in [0.25, 0.3) is 10.8 Å². The number of aromatic hydroxyl groups is 1. The second-order valence-electron chi connectivity index (χ2n) is 8.39. The van der Waals surface area contributed by atoms with Crippen molar-refractivity contribution in [3.05, 3.63) is 72.8 Å². The third kappa shape index (κ3) is 5.84. The van der Waals surface area contributed by atoms with Gasteiger partial charge in [0, 0.05) is 18.8 Å². The molecule has 0 atom stereocenters. The summed E-state index contributed by atoms with van der Waals surface area (Å²) in [6.07, 6.45) is 0. The number of hydrogen-bond donors (Lipinski definition) is 4. The van der Waals surface area contributed by atoms with Gasteiger partial charge in [-0.1, -0.05) is 24.3 Å². The Balaban J connectivity index is 1.79. The minimum atomic E-state index is -4.81. The molecule has 0 bridgehead atoms. The van der Waals surface area contributed by atoms with Crippen LogP contribution in [0.2, 0.25) is 0 Å². The van der Waals surface area contributed by atoms with Gasteiger partial charge in [-0.3, -0.25) is 13.7 Å². The van der Waals surface area contributed by atoms with Gasteiger partial charge in [-0.05, 0) is 47.9 Å². The average Bonchev–Trinajstić information content (AvgIpc) is 2.92. The van der Waals surface area contributed by atoms with Crippen LogP contribution in [0.15, 0.2) is 92.8 Å². The number of para-hydroxylation sites is 1. The molecule has 15 heteroatoms. The van der Waals surface area contributed by atoms with E-state index in [0.717, 1.165) is 16.4 Å². The number of nitrogens with one attached hydrogen (secondary N) is 1. The number of alkyl halides is 1. The molecule has 5 N–H and O–H groups in total. The molecule has 4 aromatic carbocycles. The summed E-state index contributed by atoms with van der Waals surface area (Å²) < 4.78 is 61.3. The first kappa shape index (κ1) is 28.8. The smallest absolute Gasteiger partial charge is 0.296 e. The van der Waals surface area contributed by atoms with Crippen LogP contribution in [0.5, 0.6) is 5.75 Å². The highest BCUT2D eigenvalue weighted by Gasteiger charge is 2.24. The molecule has 0 saturated carbocycles. The number of halogens is 1. The molecule has 0 spiro atoms. The third-order valence-corrected chi connectivity index (χ3v) is 8.64. The number of carbonyl (C=O) groups excluding carboxylic acids is 1. The number of nitrogens with two attached hydrogens (primary N) is 1. The summed E-state index contributed by atoms with van der Waals surface area (Å²) >= 11 is 5.45. The number of hydrogen-bond acceptors (Lipinski definition) is 9. The van der Waals surface area contributed by atoms with E-state index in [9.17, 15) is 31.3 Å². The van der Waals surface area contributed by atoms with Crippen LogP contribution in [-0.4, -0.2) is 45.3 Å². The molecule has 4 aromatic rings. The zero-order valence-electron chi connectivity index (χ0n) is 20.7. The summed E-state index contributed by atoms with van der Waals surface area (Å²) in [5, 5.41) is 21.5. The van der Waals surface area contributed by atoms with Crippen molar-refractivity contribution < 1.29 is 31.3 Å². The molecule has 0 fully saturated rings. The topological polar surface area (TPSA) is 192 Å². The lowest BCUT2D eigenvalue weighted by Crippen LogP contribution is -2.26. The zero-order valence-corrected chi connectivity index (χ0v) is 23.1. The first-order valence-electron chi connectivity index (χ1n) is 11.3. The molecule has 0 aliphatic rings. The van der Waals surface area contributed by atoms with Crippen LogP contribution in [-0.2, 0) is 24.9 Å². The van der Waals surface area contributed by atoms with Gasteiger partial charge >= 0.3 is 0 Å². The summed E-state index contributed by atoms with van der Waals surface area (Å²) in [6, 6.07) is 17.1. The van der Waals surface area contributed by atoms with Crippen molar-refractivity contribution >= 4 is 76.9 Å². The predicted molar refractivity (Wildman–Crippen MR) is 152 cm³/mol. The molecule has 0 aliphatic heterocycles. The molecule has 0 saturated heterocycles. The van der Waals surface area contributed by atoms with Gasteiger partial charge in [0.05, 0.1) is 21.7 Å². The SMILES string of the molecule is CN(c1ccccc1)S(=O)(=O)c1cc(O)c2c(N=Nc3ccc(NC(=O)CCl)cc3S(=O)(=O)O)c(N)ccc2c1. The number of amides is 1. The lowest BCUT2D eigenvalue weighted by molar-refractivity contribution is -0.113. The number of azo groups is 1. The van der Waals surface area contributed by atoms with Crippen molar-refractivity contribution in [1.29, 1.82) is 0 Å². The quantitative estimate of drug-likeness (QED) is 0.0955. The van der Waals surface area contributed by atoms with Crippen molar-refractivity contribution in [3.63, 3.8) is 0 Å². The minimum Gasteiger partial charge on any atom is -0.507 e. The molecule has 0 heterocycles. The summed E-state index contributed by atoms with van der Waals surface area (Å²) in [6.45, 7) is 0. The number of nitrogen functional groups attached to an aromatic ring is 1. The van der Waals surface area contributed by atoms with E-state index in [0.29, 0.717) is 5.69 Å². The maximum absolute atomic E-state index is 13.3. The number of nitrogens with zero attached hydrogens (tertiary/aromatic N) is 3. The van der Waals surface area contributed by atoms with E-state index < -0.39 is 36.7 Å². The molecule has 1 amide bonds. The Hall–Kier alpha value is -4.24. The van der Waals surface area contributed by atoms with E-state index in [2.05, 4.69) is 15.5 Å². The molecule has 40 heavy (non-hydrogen) atoms.